The van der Waals surface area contributed by atoms with E-state index in [1.54, 1.807) is 0 Å². The summed E-state index contributed by atoms with van der Waals surface area (Å²) in [5.41, 5.74) is 0. The largest absolute Gasteiger partial charge is 0.377 e. The van der Waals surface area contributed by atoms with Gasteiger partial charge in [-0.05, 0) is 25.8 Å². The molecule has 1 aliphatic rings. The fraction of sp³-hybridized carbons (Fsp3) is 1.00. The molecule has 14 heavy (non-hydrogen) atoms. The number of hydrogen-bond acceptors (Lipinski definition) is 2. The summed E-state index contributed by atoms with van der Waals surface area (Å²) in [6.45, 7) is 5.46. The summed E-state index contributed by atoms with van der Waals surface area (Å²) in [5.74, 6) is 0. The second-order valence-electron chi connectivity index (χ2n) is 4.25. The van der Waals surface area contributed by atoms with E-state index in [0.29, 0.717) is 6.10 Å². The second kappa shape index (κ2) is 8.25. The quantitative estimate of drug-likeness (QED) is 0.637. The predicted octanol–water partition coefficient (Wildman–Crippen LogP) is 2.73. The minimum Gasteiger partial charge on any atom is -0.377 e. The van der Waals surface area contributed by atoms with Crippen LogP contribution in [0, 0.1) is 0 Å². The van der Waals surface area contributed by atoms with E-state index in [1.165, 1.54) is 51.5 Å². The van der Waals surface area contributed by atoms with Crippen LogP contribution in [0.4, 0.5) is 0 Å². The maximum absolute atomic E-state index is 5.80. The predicted molar refractivity (Wildman–Crippen MR) is 60.6 cm³/mol. The van der Waals surface area contributed by atoms with Gasteiger partial charge in [-0.3, -0.25) is 0 Å². The Morgan fingerprint density at radius 1 is 1.21 bits per heavy atom. The van der Waals surface area contributed by atoms with Crippen LogP contribution in [0.3, 0.4) is 0 Å². The van der Waals surface area contributed by atoms with Crippen molar-refractivity contribution in [3.63, 3.8) is 0 Å². The Kier molecular flexibility index (Phi) is 7.06. The lowest BCUT2D eigenvalue weighted by Crippen LogP contribution is -2.35. The van der Waals surface area contributed by atoms with Gasteiger partial charge >= 0.3 is 0 Å². The van der Waals surface area contributed by atoms with Gasteiger partial charge in [-0.1, -0.05) is 32.6 Å². The highest BCUT2D eigenvalue weighted by atomic mass is 16.5. The van der Waals surface area contributed by atoms with E-state index >= 15 is 0 Å². The maximum Gasteiger partial charge on any atom is 0.0699 e. The summed E-state index contributed by atoms with van der Waals surface area (Å²) < 4.78 is 5.80. The van der Waals surface area contributed by atoms with Crippen LogP contribution in [0.15, 0.2) is 0 Å². The zero-order valence-corrected chi connectivity index (χ0v) is 9.56. The van der Waals surface area contributed by atoms with Gasteiger partial charge in [-0.25, -0.2) is 0 Å². The third-order valence-corrected chi connectivity index (χ3v) is 2.85. The summed E-state index contributed by atoms with van der Waals surface area (Å²) in [6.07, 6.45) is 9.70. The van der Waals surface area contributed by atoms with Gasteiger partial charge in [-0.2, -0.15) is 0 Å². The fourth-order valence-electron chi connectivity index (χ4n) is 1.92. The number of rotatable bonds is 7. The molecule has 1 atom stereocenters. The summed E-state index contributed by atoms with van der Waals surface area (Å²) >= 11 is 0. The first-order valence-electron chi connectivity index (χ1n) is 6.26. The van der Waals surface area contributed by atoms with Crippen molar-refractivity contribution in [2.75, 3.05) is 19.7 Å². The molecule has 1 fully saturated rings. The number of nitrogens with one attached hydrogen (secondary N) is 1. The van der Waals surface area contributed by atoms with Crippen LogP contribution in [0.25, 0.3) is 0 Å². The molecule has 0 aromatic heterocycles. The lowest BCUT2D eigenvalue weighted by molar-refractivity contribution is 0.0347. The van der Waals surface area contributed by atoms with Crippen molar-refractivity contribution < 1.29 is 4.74 Å². The normalized spacial score (nSPS) is 22.5. The molecule has 0 saturated carbocycles. The summed E-state index contributed by atoms with van der Waals surface area (Å²) in [6, 6.07) is 0. The minimum absolute atomic E-state index is 0.495. The lowest BCUT2D eigenvalue weighted by atomic mass is 10.1. The Hall–Kier alpha value is -0.0800. The van der Waals surface area contributed by atoms with Crippen LogP contribution in [-0.4, -0.2) is 25.8 Å². The molecule has 1 rings (SSSR count). The average molecular weight is 199 g/mol. The van der Waals surface area contributed by atoms with Crippen molar-refractivity contribution in [2.45, 2.75) is 58.0 Å². The van der Waals surface area contributed by atoms with Gasteiger partial charge in [0.25, 0.3) is 0 Å². The summed E-state index contributed by atoms with van der Waals surface area (Å²) in [4.78, 5) is 0. The molecule has 1 N–H and O–H groups in total. The van der Waals surface area contributed by atoms with Gasteiger partial charge < -0.3 is 10.1 Å². The van der Waals surface area contributed by atoms with E-state index in [4.69, 9.17) is 4.74 Å². The highest BCUT2D eigenvalue weighted by Gasteiger charge is 2.12. The Labute approximate surface area is 88.4 Å². The van der Waals surface area contributed by atoms with E-state index < -0.39 is 0 Å². The van der Waals surface area contributed by atoms with E-state index in [0.717, 1.165) is 13.2 Å². The molecule has 0 amide bonds. The second-order valence-corrected chi connectivity index (χ2v) is 4.25. The molecule has 1 aliphatic heterocycles. The van der Waals surface area contributed by atoms with E-state index in [1.807, 2.05) is 0 Å². The number of unbranched alkanes of at least 4 members (excludes halogenated alkanes) is 4. The summed E-state index contributed by atoms with van der Waals surface area (Å²) in [7, 11) is 0. The van der Waals surface area contributed by atoms with Crippen molar-refractivity contribution in [1.82, 2.24) is 5.32 Å². The smallest absolute Gasteiger partial charge is 0.0699 e. The van der Waals surface area contributed by atoms with Crippen molar-refractivity contribution in [3.8, 4) is 0 Å². The molecule has 0 spiro atoms. The van der Waals surface area contributed by atoms with Gasteiger partial charge in [0.2, 0.25) is 0 Å². The molecular weight excluding hydrogens is 174 g/mol. The maximum atomic E-state index is 5.80. The Balaban J connectivity index is 1.82. The van der Waals surface area contributed by atoms with Gasteiger partial charge in [0.1, 0.15) is 0 Å². The number of piperidine rings is 1. The van der Waals surface area contributed by atoms with Crippen molar-refractivity contribution in [3.05, 3.63) is 0 Å². The SMILES string of the molecule is CCCCCCCO[C@H]1CCCNC1. The molecule has 2 heteroatoms. The van der Waals surface area contributed by atoms with Crippen molar-refractivity contribution in [2.24, 2.45) is 0 Å². The third-order valence-electron chi connectivity index (χ3n) is 2.85. The van der Waals surface area contributed by atoms with Crippen LogP contribution in [0.1, 0.15) is 51.9 Å². The van der Waals surface area contributed by atoms with Gasteiger partial charge in [0, 0.05) is 13.2 Å². The van der Waals surface area contributed by atoms with Crippen molar-refractivity contribution >= 4 is 0 Å². The molecule has 0 bridgehead atoms. The van der Waals surface area contributed by atoms with E-state index in [2.05, 4.69) is 12.2 Å². The standard InChI is InChI=1S/C12H25NO/c1-2-3-4-5-6-10-14-12-8-7-9-13-11-12/h12-13H,2-11H2,1H3/t12-/m0/s1. The average Bonchev–Trinajstić information content (AvgIpc) is 2.25. The molecule has 0 aromatic carbocycles. The number of hydrogen-bond donors (Lipinski definition) is 1. The van der Waals surface area contributed by atoms with Crippen molar-refractivity contribution in [1.29, 1.82) is 0 Å². The molecule has 0 aliphatic carbocycles. The van der Waals surface area contributed by atoms with Gasteiger partial charge in [0.05, 0.1) is 6.10 Å². The molecule has 1 saturated heterocycles. The molecule has 0 aromatic rings. The molecular formula is C12H25NO. The number of ether oxygens (including phenoxy) is 1. The molecule has 84 valence electrons. The van der Waals surface area contributed by atoms with Crippen LogP contribution in [-0.2, 0) is 4.74 Å². The van der Waals surface area contributed by atoms with Crippen LogP contribution in [0.5, 0.6) is 0 Å². The van der Waals surface area contributed by atoms with Gasteiger partial charge in [-0.15, -0.1) is 0 Å². The highest BCUT2D eigenvalue weighted by Crippen LogP contribution is 2.08. The topological polar surface area (TPSA) is 21.3 Å². The van der Waals surface area contributed by atoms with Crippen LogP contribution in [0.2, 0.25) is 0 Å². The van der Waals surface area contributed by atoms with Crippen LogP contribution < -0.4 is 5.32 Å². The zero-order chi connectivity index (χ0) is 10.1. The third kappa shape index (κ3) is 5.61. The monoisotopic (exact) mass is 199 g/mol. The molecule has 0 radical (unpaired) electrons. The first kappa shape index (κ1) is 12.0. The minimum atomic E-state index is 0.495. The Morgan fingerprint density at radius 2 is 2.07 bits per heavy atom. The lowest BCUT2D eigenvalue weighted by Gasteiger charge is -2.22. The highest BCUT2D eigenvalue weighted by molar-refractivity contribution is 4.68. The van der Waals surface area contributed by atoms with E-state index in [-0.39, 0.29) is 0 Å². The Morgan fingerprint density at radius 3 is 2.79 bits per heavy atom. The fourth-order valence-corrected chi connectivity index (χ4v) is 1.92. The first-order chi connectivity index (χ1) is 6.93. The summed E-state index contributed by atoms with van der Waals surface area (Å²) in [5, 5.41) is 3.37. The molecule has 1 heterocycles. The zero-order valence-electron chi connectivity index (χ0n) is 9.56. The van der Waals surface area contributed by atoms with Gasteiger partial charge in [0.15, 0.2) is 0 Å². The van der Waals surface area contributed by atoms with Crippen LogP contribution >= 0.6 is 0 Å². The Bertz CT molecular complexity index is 121. The first-order valence-corrected chi connectivity index (χ1v) is 6.26. The van der Waals surface area contributed by atoms with E-state index in [9.17, 15) is 0 Å². The molecule has 2 nitrogen and oxygen atoms in total. The molecule has 0 unspecified atom stereocenters.